The van der Waals surface area contributed by atoms with Gasteiger partial charge in [0.2, 0.25) is 5.91 Å². The van der Waals surface area contributed by atoms with Crippen molar-refractivity contribution in [2.75, 3.05) is 27.2 Å². The summed E-state index contributed by atoms with van der Waals surface area (Å²) in [5, 5.41) is 0. The smallest absolute Gasteiger partial charge is 0.261 e. The quantitative estimate of drug-likeness (QED) is 0.770. The highest BCUT2D eigenvalue weighted by molar-refractivity contribution is 5.88. The molecular weight excluding hydrogens is 356 g/mol. The fourth-order valence-electron chi connectivity index (χ4n) is 3.19. The number of aryl methyl sites for hydroxylation is 1. The van der Waals surface area contributed by atoms with Crippen LogP contribution in [0.3, 0.4) is 0 Å². The van der Waals surface area contributed by atoms with Crippen LogP contribution in [0.1, 0.15) is 18.4 Å². The Balaban J connectivity index is 1.53. The summed E-state index contributed by atoms with van der Waals surface area (Å²) in [6, 6.07) is 14.6. The fourth-order valence-corrected chi connectivity index (χ4v) is 3.19. The van der Waals surface area contributed by atoms with Gasteiger partial charge in [-0.1, -0.05) is 17.7 Å². The van der Waals surface area contributed by atoms with Crippen LogP contribution < -0.4 is 9.47 Å². The zero-order valence-corrected chi connectivity index (χ0v) is 16.6. The molecule has 0 bridgehead atoms. The molecule has 2 aromatic rings. The lowest BCUT2D eigenvalue weighted by atomic mass is 10.2. The molecular formula is C22H26N2O4. The number of likely N-dealkylation sites (N-methyl/N-ethyl adjacent to an activating group) is 1. The van der Waals surface area contributed by atoms with Gasteiger partial charge < -0.3 is 19.3 Å². The predicted octanol–water partition coefficient (Wildman–Crippen LogP) is 3.25. The summed E-state index contributed by atoms with van der Waals surface area (Å²) in [5.74, 6) is 1.83. The van der Waals surface area contributed by atoms with Gasteiger partial charge in [-0.05, 0) is 56.2 Å². The normalized spacial score (nSPS) is 16.0. The maximum Gasteiger partial charge on any atom is 0.261 e. The van der Waals surface area contributed by atoms with E-state index in [0.29, 0.717) is 24.5 Å². The number of ether oxygens (including phenoxy) is 2. The lowest BCUT2D eigenvalue weighted by molar-refractivity contribution is -0.143. The van der Waals surface area contributed by atoms with Crippen LogP contribution in [0.15, 0.2) is 48.5 Å². The standard InChI is InChI=1S/C22H26N2O4/c1-16-6-8-18(9-7-16)28-19-12-10-17(11-13-19)27-15-21(25)24-14-4-5-20(24)22(26)23(2)3/h6-13,20H,4-5,14-15H2,1-3H3. The van der Waals surface area contributed by atoms with Crippen LogP contribution in [0.5, 0.6) is 17.2 Å². The SMILES string of the molecule is Cc1ccc(Oc2ccc(OCC(=O)N3CCCC3C(=O)N(C)C)cc2)cc1. The third-order valence-electron chi connectivity index (χ3n) is 4.74. The van der Waals surface area contributed by atoms with Crippen LogP contribution in [0, 0.1) is 6.92 Å². The first kappa shape index (κ1) is 19.7. The predicted molar refractivity (Wildman–Crippen MR) is 107 cm³/mol. The van der Waals surface area contributed by atoms with Gasteiger partial charge in [0.05, 0.1) is 0 Å². The van der Waals surface area contributed by atoms with Crippen LogP contribution in [0.25, 0.3) is 0 Å². The van der Waals surface area contributed by atoms with Crippen LogP contribution >= 0.6 is 0 Å². The van der Waals surface area contributed by atoms with E-state index in [0.717, 1.165) is 12.2 Å². The molecule has 0 aliphatic carbocycles. The van der Waals surface area contributed by atoms with Gasteiger partial charge in [0.1, 0.15) is 23.3 Å². The molecule has 2 amide bonds. The number of amides is 2. The van der Waals surface area contributed by atoms with Gasteiger partial charge in [0, 0.05) is 20.6 Å². The topological polar surface area (TPSA) is 59.1 Å². The second-order valence-corrected chi connectivity index (χ2v) is 7.15. The molecule has 3 rings (SSSR count). The molecule has 148 valence electrons. The molecule has 6 heteroatoms. The molecule has 0 aromatic heterocycles. The number of benzene rings is 2. The Morgan fingerprint density at radius 2 is 1.57 bits per heavy atom. The zero-order valence-electron chi connectivity index (χ0n) is 16.6. The summed E-state index contributed by atoms with van der Waals surface area (Å²) in [5.41, 5.74) is 1.17. The molecule has 2 aromatic carbocycles. The molecule has 28 heavy (non-hydrogen) atoms. The van der Waals surface area contributed by atoms with E-state index < -0.39 is 0 Å². The van der Waals surface area contributed by atoms with Crippen molar-refractivity contribution in [2.45, 2.75) is 25.8 Å². The van der Waals surface area contributed by atoms with Gasteiger partial charge >= 0.3 is 0 Å². The zero-order chi connectivity index (χ0) is 20.1. The number of carbonyl (C=O) groups is 2. The van der Waals surface area contributed by atoms with E-state index in [1.54, 1.807) is 43.3 Å². The average Bonchev–Trinajstić information content (AvgIpc) is 3.18. The summed E-state index contributed by atoms with van der Waals surface area (Å²) in [4.78, 5) is 27.9. The average molecular weight is 382 g/mol. The number of rotatable bonds is 6. The Bertz CT molecular complexity index is 815. The molecule has 1 unspecified atom stereocenters. The maximum atomic E-state index is 12.5. The summed E-state index contributed by atoms with van der Waals surface area (Å²) < 4.78 is 11.4. The second kappa shape index (κ2) is 8.78. The monoisotopic (exact) mass is 382 g/mol. The minimum Gasteiger partial charge on any atom is -0.484 e. The van der Waals surface area contributed by atoms with E-state index in [1.807, 2.05) is 31.2 Å². The molecule has 1 heterocycles. The number of carbonyl (C=O) groups excluding carboxylic acids is 2. The summed E-state index contributed by atoms with van der Waals surface area (Å²) >= 11 is 0. The molecule has 1 atom stereocenters. The Morgan fingerprint density at radius 3 is 2.18 bits per heavy atom. The third-order valence-corrected chi connectivity index (χ3v) is 4.74. The van der Waals surface area contributed by atoms with E-state index in [4.69, 9.17) is 9.47 Å². The van der Waals surface area contributed by atoms with Crippen molar-refractivity contribution in [1.82, 2.24) is 9.80 Å². The lowest BCUT2D eigenvalue weighted by Crippen LogP contribution is -2.46. The van der Waals surface area contributed by atoms with Crippen molar-refractivity contribution in [1.29, 1.82) is 0 Å². The van der Waals surface area contributed by atoms with Gasteiger partial charge in [0.15, 0.2) is 6.61 Å². The fraction of sp³-hybridized carbons (Fsp3) is 0.364. The van der Waals surface area contributed by atoms with Crippen molar-refractivity contribution in [3.05, 3.63) is 54.1 Å². The summed E-state index contributed by atoms with van der Waals surface area (Å²) in [7, 11) is 3.42. The van der Waals surface area contributed by atoms with Gasteiger partial charge in [-0.2, -0.15) is 0 Å². The molecule has 1 aliphatic rings. The van der Waals surface area contributed by atoms with Crippen molar-refractivity contribution in [2.24, 2.45) is 0 Å². The second-order valence-electron chi connectivity index (χ2n) is 7.15. The number of likely N-dealkylation sites (tertiary alicyclic amines) is 1. The van der Waals surface area contributed by atoms with E-state index in [2.05, 4.69) is 0 Å². The Morgan fingerprint density at radius 1 is 1.00 bits per heavy atom. The van der Waals surface area contributed by atoms with Gasteiger partial charge in [-0.15, -0.1) is 0 Å². The largest absolute Gasteiger partial charge is 0.484 e. The van der Waals surface area contributed by atoms with Crippen LogP contribution in [0.2, 0.25) is 0 Å². The number of nitrogens with zero attached hydrogens (tertiary/aromatic N) is 2. The van der Waals surface area contributed by atoms with E-state index in [1.165, 1.54) is 10.5 Å². The number of hydrogen-bond donors (Lipinski definition) is 0. The number of hydrogen-bond acceptors (Lipinski definition) is 4. The van der Waals surface area contributed by atoms with Crippen LogP contribution in [-0.4, -0.2) is 54.9 Å². The highest BCUT2D eigenvalue weighted by atomic mass is 16.5. The first-order valence-electron chi connectivity index (χ1n) is 9.42. The van der Waals surface area contributed by atoms with Crippen LogP contribution in [0.4, 0.5) is 0 Å². The van der Waals surface area contributed by atoms with E-state index in [9.17, 15) is 9.59 Å². The van der Waals surface area contributed by atoms with Gasteiger partial charge in [-0.3, -0.25) is 9.59 Å². The first-order chi connectivity index (χ1) is 13.4. The lowest BCUT2D eigenvalue weighted by Gasteiger charge is -2.26. The van der Waals surface area contributed by atoms with E-state index >= 15 is 0 Å². The molecule has 0 N–H and O–H groups in total. The Labute approximate surface area is 165 Å². The molecule has 0 spiro atoms. The summed E-state index contributed by atoms with van der Waals surface area (Å²) in [6.45, 7) is 2.53. The van der Waals surface area contributed by atoms with Crippen molar-refractivity contribution >= 4 is 11.8 Å². The molecule has 0 radical (unpaired) electrons. The van der Waals surface area contributed by atoms with E-state index in [-0.39, 0.29) is 24.5 Å². The van der Waals surface area contributed by atoms with Crippen molar-refractivity contribution in [3.63, 3.8) is 0 Å². The molecule has 1 aliphatic heterocycles. The first-order valence-corrected chi connectivity index (χ1v) is 9.42. The molecule has 1 fully saturated rings. The Hall–Kier alpha value is -3.02. The van der Waals surface area contributed by atoms with Gasteiger partial charge in [0.25, 0.3) is 5.91 Å². The summed E-state index contributed by atoms with van der Waals surface area (Å²) in [6.07, 6.45) is 1.54. The van der Waals surface area contributed by atoms with Crippen molar-refractivity contribution in [3.8, 4) is 17.2 Å². The minimum absolute atomic E-state index is 0.0385. The molecule has 6 nitrogen and oxygen atoms in total. The molecule has 0 saturated carbocycles. The van der Waals surface area contributed by atoms with Gasteiger partial charge in [-0.25, -0.2) is 0 Å². The third kappa shape index (κ3) is 4.82. The van der Waals surface area contributed by atoms with Crippen LogP contribution in [-0.2, 0) is 9.59 Å². The Kier molecular flexibility index (Phi) is 6.19. The van der Waals surface area contributed by atoms with Crippen molar-refractivity contribution < 1.29 is 19.1 Å². The maximum absolute atomic E-state index is 12.5. The minimum atomic E-state index is -0.378. The molecule has 1 saturated heterocycles. The highest BCUT2D eigenvalue weighted by Crippen LogP contribution is 2.24. The highest BCUT2D eigenvalue weighted by Gasteiger charge is 2.34.